The fraction of sp³-hybridized carbons (Fsp3) is 0.167. The van der Waals surface area contributed by atoms with Gasteiger partial charge in [0.15, 0.2) is 0 Å². The van der Waals surface area contributed by atoms with Crippen LogP contribution in [0, 0.1) is 12.7 Å². The van der Waals surface area contributed by atoms with Gasteiger partial charge in [0, 0.05) is 16.8 Å². The van der Waals surface area contributed by atoms with Gasteiger partial charge in [0.2, 0.25) is 0 Å². The monoisotopic (exact) mass is 360 g/mol. The van der Waals surface area contributed by atoms with Crippen molar-refractivity contribution >= 4 is 32.9 Å². The normalized spacial score (nSPS) is 13.4. The summed E-state index contributed by atoms with van der Waals surface area (Å²) < 4.78 is 41.2. The van der Waals surface area contributed by atoms with Gasteiger partial charge in [-0.05, 0) is 56.7 Å². The van der Waals surface area contributed by atoms with Crippen LogP contribution in [0.25, 0.3) is 5.57 Å². The van der Waals surface area contributed by atoms with Crippen molar-refractivity contribution in [2.24, 2.45) is 0 Å². The second-order valence-corrected chi connectivity index (χ2v) is 7.79. The lowest BCUT2D eigenvalue weighted by Crippen LogP contribution is -2.13. The van der Waals surface area contributed by atoms with Crippen LogP contribution in [-0.2, 0) is 14.8 Å². The van der Waals surface area contributed by atoms with Crippen molar-refractivity contribution in [1.82, 2.24) is 0 Å². The molecule has 2 N–H and O–H groups in total. The number of allylic oxidation sites excluding steroid dienone is 1. The zero-order chi connectivity index (χ0) is 18.4. The molecule has 0 bridgehead atoms. The zero-order valence-corrected chi connectivity index (χ0v) is 14.8. The van der Waals surface area contributed by atoms with E-state index in [1.54, 1.807) is 26.8 Å². The Bertz CT molecular complexity index is 1020. The minimum Gasteiger partial charge on any atom is -0.321 e. The predicted molar refractivity (Wildman–Crippen MR) is 95.3 cm³/mol. The number of hydrogen-bond donors (Lipinski definition) is 2. The lowest BCUT2D eigenvalue weighted by Gasteiger charge is -2.10. The molecule has 0 spiro atoms. The molecule has 5 nitrogen and oxygen atoms in total. The van der Waals surface area contributed by atoms with Gasteiger partial charge in [0.05, 0.1) is 10.6 Å². The third-order valence-corrected chi connectivity index (χ3v) is 5.35. The van der Waals surface area contributed by atoms with Crippen molar-refractivity contribution in [3.63, 3.8) is 0 Å². The summed E-state index contributed by atoms with van der Waals surface area (Å²) >= 11 is 0. The van der Waals surface area contributed by atoms with Crippen LogP contribution in [-0.4, -0.2) is 14.3 Å². The summed E-state index contributed by atoms with van der Waals surface area (Å²) in [5.74, 6) is -0.742. The van der Waals surface area contributed by atoms with Gasteiger partial charge in [-0.15, -0.1) is 0 Å². The largest absolute Gasteiger partial charge is 0.321 e. The number of halogens is 1. The van der Waals surface area contributed by atoms with Gasteiger partial charge >= 0.3 is 0 Å². The number of rotatable bonds is 3. The summed E-state index contributed by atoms with van der Waals surface area (Å²) in [5, 5.41) is 2.71. The summed E-state index contributed by atoms with van der Waals surface area (Å²) in [4.78, 5) is 12.0. The highest BCUT2D eigenvalue weighted by Crippen LogP contribution is 2.35. The maximum absolute atomic E-state index is 13.6. The van der Waals surface area contributed by atoms with Crippen molar-refractivity contribution in [2.45, 2.75) is 25.7 Å². The number of anilines is 2. The second kappa shape index (κ2) is 6.00. The quantitative estimate of drug-likeness (QED) is 0.820. The number of benzene rings is 2. The standard InChI is InChI=1S/C18H17FN2O3S/c1-10(2)17-14-9-13(6-7-16(14)20-18(17)22)25(23,24)21-12-5-4-11(3)15(19)8-12/h4-9,21H,1-3H3,(H,20,22). The average molecular weight is 360 g/mol. The van der Waals surface area contributed by atoms with Crippen LogP contribution in [0.2, 0.25) is 0 Å². The molecule has 0 unspecified atom stereocenters. The Morgan fingerprint density at radius 2 is 1.84 bits per heavy atom. The van der Waals surface area contributed by atoms with E-state index >= 15 is 0 Å². The molecule has 2 aromatic rings. The second-order valence-electron chi connectivity index (χ2n) is 6.11. The Morgan fingerprint density at radius 1 is 1.12 bits per heavy atom. The van der Waals surface area contributed by atoms with Gasteiger partial charge in [-0.25, -0.2) is 12.8 Å². The molecule has 0 aliphatic carbocycles. The van der Waals surface area contributed by atoms with Gasteiger partial charge in [0.25, 0.3) is 15.9 Å². The third kappa shape index (κ3) is 3.15. The molecule has 0 saturated heterocycles. The number of amides is 1. The van der Waals surface area contributed by atoms with Crippen molar-refractivity contribution in [1.29, 1.82) is 0 Å². The van der Waals surface area contributed by atoms with E-state index in [2.05, 4.69) is 10.0 Å². The van der Waals surface area contributed by atoms with Crippen LogP contribution in [0.15, 0.2) is 46.9 Å². The van der Waals surface area contributed by atoms with E-state index in [0.29, 0.717) is 22.4 Å². The maximum atomic E-state index is 13.6. The number of carbonyl (C=O) groups is 1. The van der Waals surface area contributed by atoms with Crippen LogP contribution in [0.4, 0.5) is 15.8 Å². The summed E-state index contributed by atoms with van der Waals surface area (Å²) in [7, 11) is -3.91. The highest BCUT2D eigenvalue weighted by molar-refractivity contribution is 7.92. The molecule has 3 rings (SSSR count). The highest BCUT2D eigenvalue weighted by Gasteiger charge is 2.27. The first-order chi connectivity index (χ1) is 11.7. The summed E-state index contributed by atoms with van der Waals surface area (Å²) in [5.41, 5.74) is 2.94. The molecular weight excluding hydrogens is 343 g/mol. The SMILES string of the molecule is CC(C)=C1C(=O)Nc2ccc(S(=O)(=O)Nc3ccc(C)c(F)c3)cc21. The number of aryl methyl sites for hydroxylation is 1. The van der Waals surface area contributed by atoms with Gasteiger partial charge in [-0.3, -0.25) is 9.52 Å². The van der Waals surface area contributed by atoms with Crippen molar-refractivity contribution in [2.75, 3.05) is 10.0 Å². The van der Waals surface area contributed by atoms with Crippen LogP contribution in [0.5, 0.6) is 0 Å². The van der Waals surface area contributed by atoms with E-state index in [1.165, 1.54) is 24.3 Å². The van der Waals surface area contributed by atoms with Gasteiger partial charge in [-0.2, -0.15) is 0 Å². The van der Waals surface area contributed by atoms with Gasteiger partial charge < -0.3 is 5.32 Å². The lowest BCUT2D eigenvalue weighted by atomic mass is 10.0. The van der Waals surface area contributed by atoms with Gasteiger partial charge in [0.1, 0.15) is 5.82 Å². The Hall–Kier alpha value is -2.67. The van der Waals surface area contributed by atoms with Crippen LogP contribution in [0.1, 0.15) is 25.0 Å². The van der Waals surface area contributed by atoms with E-state index in [-0.39, 0.29) is 16.5 Å². The molecule has 0 saturated carbocycles. The lowest BCUT2D eigenvalue weighted by molar-refractivity contribution is -0.110. The van der Waals surface area contributed by atoms with E-state index < -0.39 is 15.8 Å². The summed E-state index contributed by atoms with van der Waals surface area (Å²) in [6.45, 7) is 5.18. The van der Waals surface area contributed by atoms with E-state index in [1.807, 2.05) is 0 Å². The first-order valence-corrected chi connectivity index (χ1v) is 9.09. The smallest absolute Gasteiger partial charge is 0.261 e. The molecule has 1 aliphatic heterocycles. The molecule has 1 heterocycles. The Morgan fingerprint density at radius 3 is 2.48 bits per heavy atom. The first-order valence-electron chi connectivity index (χ1n) is 7.61. The van der Waals surface area contributed by atoms with Crippen LogP contribution in [0.3, 0.4) is 0 Å². The molecule has 1 amide bonds. The topological polar surface area (TPSA) is 75.3 Å². The minimum absolute atomic E-state index is 0.00230. The molecular formula is C18H17FN2O3S. The summed E-state index contributed by atoms with van der Waals surface area (Å²) in [6, 6.07) is 8.53. The predicted octanol–water partition coefficient (Wildman–Crippen LogP) is 3.68. The van der Waals surface area contributed by atoms with Crippen molar-refractivity contribution in [3.05, 3.63) is 58.9 Å². The van der Waals surface area contributed by atoms with E-state index in [4.69, 9.17) is 0 Å². The van der Waals surface area contributed by atoms with E-state index in [0.717, 1.165) is 11.6 Å². The molecule has 2 aromatic carbocycles. The fourth-order valence-corrected chi connectivity index (χ4v) is 3.76. The molecule has 0 fully saturated rings. The van der Waals surface area contributed by atoms with Crippen molar-refractivity contribution < 1.29 is 17.6 Å². The average Bonchev–Trinajstić information content (AvgIpc) is 2.85. The third-order valence-electron chi connectivity index (χ3n) is 3.97. The number of sulfonamides is 1. The molecule has 0 aromatic heterocycles. The van der Waals surface area contributed by atoms with E-state index in [9.17, 15) is 17.6 Å². The highest BCUT2D eigenvalue weighted by atomic mass is 32.2. The number of nitrogens with one attached hydrogen (secondary N) is 2. The number of hydrogen-bond acceptors (Lipinski definition) is 3. The maximum Gasteiger partial charge on any atom is 0.261 e. The summed E-state index contributed by atoms with van der Waals surface area (Å²) in [6.07, 6.45) is 0. The van der Waals surface area contributed by atoms with Crippen LogP contribution < -0.4 is 10.0 Å². The Kier molecular flexibility index (Phi) is 4.12. The molecule has 0 atom stereocenters. The Labute approximate surface area is 145 Å². The van der Waals surface area contributed by atoms with Crippen molar-refractivity contribution in [3.8, 4) is 0 Å². The minimum atomic E-state index is -3.91. The molecule has 130 valence electrons. The number of fused-ring (bicyclic) bond motifs is 1. The molecule has 7 heteroatoms. The zero-order valence-electron chi connectivity index (χ0n) is 14.0. The van der Waals surface area contributed by atoms with Crippen LogP contribution >= 0.6 is 0 Å². The number of carbonyl (C=O) groups excluding carboxylic acids is 1. The Balaban J connectivity index is 2.01. The molecule has 25 heavy (non-hydrogen) atoms. The fourth-order valence-electron chi connectivity index (χ4n) is 2.68. The first kappa shape index (κ1) is 17.2. The molecule has 1 aliphatic rings. The van der Waals surface area contributed by atoms with Gasteiger partial charge in [-0.1, -0.05) is 11.6 Å². The molecule has 0 radical (unpaired) electrons.